The van der Waals surface area contributed by atoms with Gasteiger partial charge >= 0.3 is 0 Å². The molecule has 0 saturated carbocycles. The zero-order chi connectivity index (χ0) is 22.4. The van der Waals surface area contributed by atoms with E-state index in [1.165, 1.54) is 12.5 Å². The van der Waals surface area contributed by atoms with Crippen molar-refractivity contribution >= 4 is 38.5 Å². The van der Waals surface area contributed by atoms with Gasteiger partial charge in [-0.15, -0.1) is 0 Å². The van der Waals surface area contributed by atoms with E-state index in [0.29, 0.717) is 19.6 Å². The fraction of sp³-hybridized carbons (Fsp3) is 0.375. The highest BCUT2D eigenvalue weighted by molar-refractivity contribution is 7.22. The minimum Gasteiger partial charge on any atom is -0.356 e. The smallest absolute Gasteiger partial charge is 0.243 e. The fourth-order valence-corrected chi connectivity index (χ4v) is 4.41. The molecule has 3 aromatic rings. The molecule has 0 aliphatic rings. The first kappa shape index (κ1) is 22.9. The molecule has 7 heteroatoms. The maximum absolute atomic E-state index is 13.3. The lowest BCUT2D eigenvalue weighted by Crippen LogP contribution is -2.39. The fourth-order valence-electron chi connectivity index (χ4n) is 3.37. The van der Waals surface area contributed by atoms with Crippen molar-refractivity contribution in [2.75, 3.05) is 31.6 Å². The van der Waals surface area contributed by atoms with E-state index in [1.54, 1.807) is 16.2 Å². The molecule has 0 saturated heterocycles. The first-order valence-electron chi connectivity index (χ1n) is 10.5. The Hall–Kier alpha value is -2.77. The lowest BCUT2D eigenvalue weighted by molar-refractivity contribution is -0.120. The molecule has 2 amide bonds. The molecule has 31 heavy (non-hydrogen) atoms. The summed E-state index contributed by atoms with van der Waals surface area (Å²) in [6.45, 7) is 7.78. The molecule has 0 bridgehead atoms. The highest BCUT2D eigenvalue weighted by Crippen LogP contribution is 2.32. The number of nitrogens with zero attached hydrogens (tertiary/aromatic N) is 3. The van der Waals surface area contributed by atoms with Crippen molar-refractivity contribution in [3.8, 4) is 0 Å². The number of carbonyl (C=O) groups is 2. The second-order valence-electron chi connectivity index (χ2n) is 7.89. The van der Waals surface area contributed by atoms with Crippen molar-refractivity contribution < 1.29 is 9.59 Å². The summed E-state index contributed by atoms with van der Waals surface area (Å²) in [6.07, 6.45) is 0.793. The molecule has 1 aromatic heterocycles. The summed E-state index contributed by atoms with van der Waals surface area (Å²) in [5.74, 6) is -0.0200. The third kappa shape index (κ3) is 6.12. The van der Waals surface area contributed by atoms with Crippen molar-refractivity contribution in [1.29, 1.82) is 0 Å². The summed E-state index contributed by atoms with van der Waals surface area (Å²) < 4.78 is 1.09. The van der Waals surface area contributed by atoms with E-state index in [-0.39, 0.29) is 11.8 Å². The summed E-state index contributed by atoms with van der Waals surface area (Å²) in [7, 11) is 1.93. The largest absolute Gasteiger partial charge is 0.356 e. The average molecular weight is 439 g/mol. The van der Waals surface area contributed by atoms with Crippen LogP contribution in [-0.4, -0.2) is 48.4 Å². The topological polar surface area (TPSA) is 65.5 Å². The van der Waals surface area contributed by atoms with Gasteiger partial charge in [0.15, 0.2) is 5.13 Å². The number of carbonyl (C=O) groups excluding carboxylic acids is 2. The molecular weight excluding hydrogens is 408 g/mol. The Balaban J connectivity index is 1.79. The van der Waals surface area contributed by atoms with E-state index in [4.69, 9.17) is 4.98 Å². The van der Waals surface area contributed by atoms with Crippen molar-refractivity contribution in [2.24, 2.45) is 0 Å². The molecule has 1 heterocycles. The number of aromatic nitrogens is 1. The Morgan fingerprint density at radius 3 is 2.55 bits per heavy atom. The number of likely N-dealkylation sites (N-methyl/N-ethyl adjacent to an activating group) is 1. The quantitative estimate of drug-likeness (QED) is 0.515. The van der Waals surface area contributed by atoms with Crippen molar-refractivity contribution in [2.45, 2.75) is 33.7 Å². The summed E-state index contributed by atoms with van der Waals surface area (Å²) in [5, 5.41) is 3.52. The van der Waals surface area contributed by atoms with Gasteiger partial charge in [-0.3, -0.25) is 19.4 Å². The van der Waals surface area contributed by atoms with E-state index in [1.807, 2.05) is 42.3 Å². The zero-order valence-corrected chi connectivity index (χ0v) is 19.5. The summed E-state index contributed by atoms with van der Waals surface area (Å²) in [6, 6.07) is 14.2. The van der Waals surface area contributed by atoms with Crippen LogP contribution in [0.15, 0.2) is 42.5 Å². The van der Waals surface area contributed by atoms with E-state index < -0.39 is 0 Å². The van der Waals surface area contributed by atoms with Gasteiger partial charge in [-0.25, -0.2) is 4.98 Å². The number of anilines is 1. The van der Waals surface area contributed by atoms with E-state index >= 15 is 0 Å². The number of aryl methyl sites for hydroxylation is 2. The van der Waals surface area contributed by atoms with Crippen LogP contribution in [0.1, 0.15) is 30.0 Å². The van der Waals surface area contributed by atoms with Gasteiger partial charge in [-0.05, 0) is 50.1 Å². The predicted octanol–water partition coefficient (Wildman–Crippen LogP) is 3.90. The molecular formula is C24H30N4O2S. The Bertz CT molecular complexity index is 1050. The van der Waals surface area contributed by atoms with Crippen molar-refractivity contribution in [1.82, 2.24) is 15.2 Å². The van der Waals surface area contributed by atoms with Crippen molar-refractivity contribution in [3.63, 3.8) is 0 Å². The van der Waals surface area contributed by atoms with Gasteiger partial charge in [0.25, 0.3) is 0 Å². The van der Waals surface area contributed by atoms with Gasteiger partial charge in [0.1, 0.15) is 0 Å². The van der Waals surface area contributed by atoms with Gasteiger partial charge in [-0.1, -0.05) is 47.7 Å². The monoisotopic (exact) mass is 438 g/mol. The lowest BCUT2D eigenvalue weighted by Gasteiger charge is -2.23. The maximum atomic E-state index is 13.3. The molecule has 0 spiro atoms. The average Bonchev–Trinajstić information content (AvgIpc) is 3.17. The molecule has 0 radical (unpaired) electrons. The van der Waals surface area contributed by atoms with E-state index in [0.717, 1.165) is 39.4 Å². The van der Waals surface area contributed by atoms with Crippen LogP contribution in [0.2, 0.25) is 0 Å². The standard InChI is InChI=1S/C24H30N4O2S/c1-17-11-12-21-23(18(17)2)26-24(31-21)28(15-20-9-6-5-7-10-20)22(30)16-27(4)14-8-13-25-19(3)29/h5-7,9-12H,8,13-16H2,1-4H3,(H,25,29). The Morgan fingerprint density at radius 2 is 1.84 bits per heavy atom. The van der Waals surface area contributed by atoms with Crippen LogP contribution in [0.4, 0.5) is 5.13 Å². The van der Waals surface area contributed by atoms with Crippen molar-refractivity contribution in [3.05, 3.63) is 59.2 Å². The second-order valence-corrected chi connectivity index (χ2v) is 8.90. The lowest BCUT2D eigenvalue weighted by atomic mass is 10.1. The van der Waals surface area contributed by atoms with E-state index in [2.05, 4.69) is 31.3 Å². The summed E-state index contributed by atoms with van der Waals surface area (Å²) in [4.78, 5) is 33.0. The minimum absolute atomic E-state index is 0.0133. The number of thiazole rings is 1. The van der Waals surface area contributed by atoms with Gasteiger partial charge < -0.3 is 5.32 Å². The maximum Gasteiger partial charge on any atom is 0.243 e. The number of rotatable bonds is 9. The van der Waals surface area contributed by atoms with Gasteiger partial charge in [0.2, 0.25) is 11.8 Å². The molecule has 2 aromatic carbocycles. The minimum atomic E-state index is -0.0332. The molecule has 0 fully saturated rings. The van der Waals surface area contributed by atoms with Crippen LogP contribution in [0.3, 0.4) is 0 Å². The Kier molecular flexibility index (Phi) is 7.76. The molecule has 164 valence electrons. The molecule has 1 N–H and O–H groups in total. The van der Waals surface area contributed by atoms with Crippen LogP contribution in [0, 0.1) is 13.8 Å². The summed E-state index contributed by atoms with van der Waals surface area (Å²) in [5.41, 5.74) is 4.39. The second kappa shape index (κ2) is 10.5. The summed E-state index contributed by atoms with van der Waals surface area (Å²) >= 11 is 1.56. The number of amides is 2. The van der Waals surface area contributed by atoms with E-state index in [9.17, 15) is 9.59 Å². The number of benzene rings is 2. The third-order valence-corrected chi connectivity index (χ3v) is 6.33. The Labute approximate surface area is 187 Å². The van der Waals surface area contributed by atoms with Crippen LogP contribution < -0.4 is 10.2 Å². The molecule has 3 rings (SSSR count). The first-order valence-corrected chi connectivity index (χ1v) is 11.3. The van der Waals surface area contributed by atoms with Crippen LogP contribution in [-0.2, 0) is 16.1 Å². The normalized spacial score (nSPS) is 11.1. The highest BCUT2D eigenvalue weighted by Gasteiger charge is 2.22. The zero-order valence-electron chi connectivity index (χ0n) is 18.6. The number of hydrogen-bond donors (Lipinski definition) is 1. The molecule has 0 aliphatic heterocycles. The van der Waals surface area contributed by atoms with Crippen LogP contribution in [0.25, 0.3) is 10.2 Å². The van der Waals surface area contributed by atoms with Gasteiger partial charge in [-0.2, -0.15) is 0 Å². The van der Waals surface area contributed by atoms with Crippen LogP contribution in [0.5, 0.6) is 0 Å². The molecule has 6 nitrogen and oxygen atoms in total. The predicted molar refractivity (Wildman–Crippen MR) is 128 cm³/mol. The number of nitrogens with one attached hydrogen (secondary N) is 1. The number of fused-ring (bicyclic) bond motifs is 1. The highest BCUT2D eigenvalue weighted by atomic mass is 32.1. The Morgan fingerprint density at radius 1 is 1.10 bits per heavy atom. The number of hydrogen-bond acceptors (Lipinski definition) is 5. The molecule has 0 aliphatic carbocycles. The third-order valence-electron chi connectivity index (χ3n) is 5.28. The first-order chi connectivity index (χ1) is 14.8. The van der Waals surface area contributed by atoms with Gasteiger partial charge in [0, 0.05) is 20.0 Å². The van der Waals surface area contributed by atoms with Gasteiger partial charge in [0.05, 0.1) is 23.3 Å². The molecule has 0 unspecified atom stereocenters. The molecule has 0 atom stereocenters. The SMILES string of the molecule is CC(=O)NCCCN(C)CC(=O)N(Cc1ccccc1)c1nc2c(C)c(C)ccc2s1. The van der Waals surface area contributed by atoms with Crippen LogP contribution >= 0.6 is 11.3 Å².